The molecular weight excluding hydrogens is 548 g/mol. The third-order valence-corrected chi connectivity index (χ3v) is 7.39. The Morgan fingerprint density at radius 2 is 1.49 bits per heavy atom. The lowest BCUT2D eigenvalue weighted by atomic mass is 9.95. The molecule has 0 unspecified atom stereocenters. The van der Waals surface area contributed by atoms with Gasteiger partial charge in [0.2, 0.25) is 6.29 Å². The number of aliphatic hydroxyl groups excluding tert-OH is 6. The van der Waals surface area contributed by atoms with E-state index in [4.69, 9.17) is 23.7 Å². The van der Waals surface area contributed by atoms with E-state index in [9.17, 15) is 45.6 Å². The van der Waals surface area contributed by atoms with Crippen molar-refractivity contribution in [3.8, 4) is 23.0 Å². The number of hydrogen-bond donors (Lipinski definition) is 8. The average Bonchev–Trinajstić information content (AvgIpc) is 2.94. The Labute approximate surface area is 233 Å². The number of Topliss-reactive ketones (excluding diaryl/α,β-unsaturated/α-hetero) is 1. The number of phenols is 2. The third kappa shape index (κ3) is 5.83. The van der Waals surface area contributed by atoms with Crippen LogP contribution in [0.2, 0.25) is 0 Å². The summed E-state index contributed by atoms with van der Waals surface area (Å²) >= 11 is 0. The molecule has 224 valence electrons. The van der Waals surface area contributed by atoms with Gasteiger partial charge in [-0.05, 0) is 24.6 Å². The molecule has 0 bridgehead atoms. The van der Waals surface area contributed by atoms with Gasteiger partial charge in [0.25, 0.3) is 0 Å². The molecule has 0 saturated carbocycles. The predicted octanol–water partition coefficient (Wildman–Crippen LogP) is -1.17. The van der Waals surface area contributed by atoms with Gasteiger partial charge in [-0.2, -0.15) is 0 Å². The maximum absolute atomic E-state index is 12.8. The number of fused-ring (bicyclic) bond motifs is 1. The van der Waals surface area contributed by atoms with Gasteiger partial charge in [-0.15, -0.1) is 0 Å². The van der Waals surface area contributed by atoms with Gasteiger partial charge in [-0.3, -0.25) is 4.79 Å². The van der Waals surface area contributed by atoms with E-state index in [0.29, 0.717) is 5.56 Å². The van der Waals surface area contributed by atoms with Crippen LogP contribution in [0, 0.1) is 0 Å². The second-order valence-corrected chi connectivity index (χ2v) is 10.3. The number of ketones is 1. The van der Waals surface area contributed by atoms with Crippen LogP contribution in [-0.4, -0.2) is 115 Å². The highest BCUT2D eigenvalue weighted by molar-refractivity contribution is 6.02. The molecule has 8 N–H and O–H groups in total. The Balaban J connectivity index is 1.30. The van der Waals surface area contributed by atoms with Crippen molar-refractivity contribution in [2.45, 2.75) is 80.9 Å². The van der Waals surface area contributed by atoms with Crippen LogP contribution in [0.5, 0.6) is 23.0 Å². The average molecular weight is 581 g/mol. The molecule has 41 heavy (non-hydrogen) atoms. The number of aliphatic hydroxyl groups is 6. The molecule has 2 saturated heterocycles. The van der Waals surface area contributed by atoms with Crippen LogP contribution < -0.4 is 9.47 Å². The Morgan fingerprint density at radius 3 is 2.20 bits per heavy atom. The zero-order valence-electron chi connectivity index (χ0n) is 21.8. The minimum absolute atomic E-state index is 0.00149. The SMILES string of the molecule is C[C@H]1O[C@@H](OC[C@H]2O[C@@H](Oc3cc(O)c4c(c3)O[C@H](c3ccc(O)cc3)CC4=O)[C@H](O)[C@@H](O)[C@@H]2O)[C@@H](O)[C@H](O)[C@H]1O. The number of phenolic OH excluding ortho intramolecular Hbond substituents is 2. The normalized spacial score (nSPS) is 37.2. The zero-order chi connectivity index (χ0) is 29.6. The fourth-order valence-electron chi connectivity index (χ4n) is 4.98. The number of carbonyl (C=O) groups excluding carboxylic acids is 1. The summed E-state index contributed by atoms with van der Waals surface area (Å²) in [6.45, 7) is 0.980. The first-order valence-electron chi connectivity index (χ1n) is 13.0. The molecule has 3 aliphatic heterocycles. The summed E-state index contributed by atoms with van der Waals surface area (Å²) in [7, 11) is 0. The molecule has 0 amide bonds. The molecule has 3 aliphatic rings. The molecule has 0 spiro atoms. The molecule has 0 radical (unpaired) electrons. The number of carbonyl (C=O) groups is 1. The molecule has 2 aromatic carbocycles. The first-order chi connectivity index (χ1) is 19.4. The molecule has 14 nitrogen and oxygen atoms in total. The highest BCUT2D eigenvalue weighted by Gasteiger charge is 2.47. The first kappa shape index (κ1) is 29.4. The van der Waals surface area contributed by atoms with Gasteiger partial charge in [-0.25, -0.2) is 0 Å². The van der Waals surface area contributed by atoms with Crippen molar-refractivity contribution in [1.29, 1.82) is 0 Å². The van der Waals surface area contributed by atoms with Crippen LogP contribution in [0.4, 0.5) is 0 Å². The topological polar surface area (TPSA) is 225 Å². The van der Waals surface area contributed by atoms with E-state index < -0.39 is 85.7 Å². The van der Waals surface area contributed by atoms with Gasteiger partial charge in [0.15, 0.2) is 12.1 Å². The first-order valence-corrected chi connectivity index (χ1v) is 13.0. The van der Waals surface area contributed by atoms with Gasteiger partial charge < -0.3 is 64.5 Å². The van der Waals surface area contributed by atoms with Crippen LogP contribution in [0.15, 0.2) is 36.4 Å². The summed E-state index contributed by atoms with van der Waals surface area (Å²) in [5.74, 6) is -0.893. The van der Waals surface area contributed by atoms with E-state index >= 15 is 0 Å². The summed E-state index contributed by atoms with van der Waals surface area (Å²) in [5.41, 5.74) is 0.550. The van der Waals surface area contributed by atoms with Crippen LogP contribution in [-0.2, 0) is 14.2 Å². The van der Waals surface area contributed by atoms with Crippen molar-refractivity contribution in [2.24, 2.45) is 0 Å². The molecule has 11 atom stereocenters. The molecule has 3 heterocycles. The zero-order valence-corrected chi connectivity index (χ0v) is 21.8. The van der Waals surface area contributed by atoms with Gasteiger partial charge >= 0.3 is 0 Å². The summed E-state index contributed by atoms with van der Waals surface area (Å²) in [5, 5.41) is 81.5. The van der Waals surface area contributed by atoms with Crippen molar-refractivity contribution < 1.29 is 69.3 Å². The number of aromatic hydroxyl groups is 2. The molecule has 5 rings (SSSR count). The van der Waals surface area contributed by atoms with Crippen LogP contribution in [0.25, 0.3) is 0 Å². The molecule has 14 heteroatoms. The van der Waals surface area contributed by atoms with Gasteiger partial charge in [0.1, 0.15) is 77.4 Å². The lowest BCUT2D eigenvalue weighted by molar-refractivity contribution is -0.318. The van der Waals surface area contributed by atoms with Crippen LogP contribution in [0.3, 0.4) is 0 Å². The maximum Gasteiger partial charge on any atom is 0.229 e. The smallest absolute Gasteiger partial charge is 0.229 e. The molecule has 2 fully saturated rings. The van der Waals surface area contributed by atoms with Crippen molar-refractivity contribution in [1.82, 2.24) is 0 Å². The molecule has 2 aromatic rings. The van der Waals surface area contributed by atoms with Gasteiger partial charge in [-0.1, -0.05) is 12.1 Å². The molecular formula is C27H32O14. The standard InChI is InChI=1S/C27H32O14/c1-10-20(31)22(33)24(35)26(38-10)37-9-18-21(32)23(34)25(36)27(41-18)39-13-6-14(29)19-15(30)8-16(40-17(19)7-13)11-2-4-12(28)5-3-11/h2-7,10,16,18,20-29,31-36H,8-9H2,1H3/t10-,16+,18-,20+,21-,22-,23+,24+,25-,26-,27-/m1/s1. The highest BCUT2D eigenvalue weighted by Crippen LogP contribution is 2.42. The summed E-state index contributed by atoms with van der Waals surface area (Å²) in [4.78, 5) is 12.8. The number of benzene rings is 2. The van der Waals surface area contributed by atoms with Crippen molar-refractivity contribution in [3.63, 3.8) is 0 Å². The van der Waals surface area contributed by atoms with Crippen molar-refractivity contribution in [3.05, 3.63) is 47.5 Å². The van der Waals surface area contributed by atoms with Crippen molar-refractivity contribution in [2.75, 3.05) is 6.61 Å². The minimum atomic E-state index is -1.76. The maximum atomic E-state index is 12.8. The minimum Gasteiger partial charge on any atom is -0.508 e. The summed E-state index contributed by atoms with van der Waals surface area (Å²) in [6, 6.07) is 8.51. The third-order valence-electron chi connectivity index (χ3n) is 7.39. The molecule has 0 aliphatic carbocycles. The Morgan fingerprint density at radius 1 is 0.829 bits per heavy atom. The quantitative estimate of drug-likeness (QED) is 0.202. The highest BCUT2D eigenvalue weighted by atomic mass is 16.7. The largest absolute Gasteiger partial charge is 0.508 e. The Hall–Kier alpha value is -3.05. The fourth-order valence-corrected chi connectivity index (χ4v) is 4.98. The lowest BCUT2D eigenvalue weighted by Gasteiger charge is -2.42. The predicted molar refractivity (Wildman–Crippen MR) is 134 cm³/mol. The summed E-state index contributed by atoms with van der Waals surface area (Å²) in [6.07, 6.45) is -15.6. The van der Waals surface area contributed by atoms with Crippen molar-refractivity contribution >= 4 is 5.78 Å². The number of ether oxygens (including phenoxy) is 5. The molecule has 0 aromatic heterocycles. The monoisotopic (exact) mass is 580 g/mol. The van der Waals surface area contributed by atoms with E-state index in [1.54, 1.807) is 12.1 Å². The fraction of sp³-hybridized carbons (Fsp3) is 0.519. The van der Waals surface area contributed by atoms with Gasteiger partial charge in [0.05, 0.1) is 19.1 Å². The van der Waals surface area contributed by atoms with Crippen LogP contribution >= 0.6 is 0 Å². The number of rotatable bonds is 6. The van der Waals surface area contributed by atoms with E-state index in [2.05, 4.69) is 0 Å². The van der Waals surface area contributed by atoms with E-state index in [-0.39, 0.29) is 29.2 Å². The van der Waals surface area contributed by atoms with E-state index in [0.717, 1.165) is 6.07 Å². The van der Waals surface area contributed by atoms with E-state index in [1.807, 2.05) is 0 Å². The lowest BCUT2D eigenvalue weighted by Crippen LogP contribution is -2.61. The van der Waals surface area contributed by atoms with Crippen LogP contribution in [0.1, 0.15) is 35.4 Å². The second kappa shape index (κ2) is 11.7. The van der Waals surface area contributed by atoms with Gasteiger partial charge in [0, 0.05) is 12.1 Å². The van der Waals surface area contributed by atoms with E-state index in [1.165, 1.54) is 25.1 Å². The Kier molecular flexibility index (Phi) is 8.39. The Bertz CT molecular complexity index is 1240. The second-order valence-electron chi connectivity index (χ2n) is 10.3. The summed E-state index contributed by atoms with van der Waals surface area (Å²) < 4.78 is 28.0. The number of hydrogen-bond acceptors (Lipinski definition) is 14.